The summed E-state index contributed by atoms with van der Waals surface area (Å²) in [6.07, 6.45) is -0.523. The van der Waals surface area contributed by atoms with Crippen molar-refractivity contribution in [1.82, 2.24) is 4.90 Å². The van der Waals surface area contributed by atoms with E-state index in [1.165, 1.54) is 0 Å². The maximum absolute atomic E-state index is 10.0. The van der Waals surface area contributed by atoms with Crippen molar-refractivity contribution in [2.75, 3.05) is 33.4 Å². The Bertz CT molecular complexity index is 594. The lowest BCUT2D eigenvalue weighted by Crippen LogP contribution is -2.34. The number of hydrogen-bond donors (Lipinski definition) is 1. The van der Waals surface area contributed by atoms with Crippen LogP contribution in [0.2, 0.25) is 5.02 Å². The molecule has 0 amide bonds. The normalized spacial score (nSPS) is 12.3. The zero-order chi connectivity index (χ0) is 17.2. The van der Waals surface area contributed by atoms with Crippen LogP contribution >= 0.6 is 11.6 Å². The highest BCUT2D eigenvalue weighted by Gasteiger charge is 2.09. The van der Waals surface area contributed by atoms with E-state index in [4.69, 9.17) is 21.1 Å². The summed E-state index contributed by atoms with van der Waals surface area (Å²) in [5, 5.41) is 10.7. The molecule has 2 aromatic carbocycles. The number of likely N-dealkylation sites (N-methyl/N-ethyl adjacent to an activating group) is 1. The summed E-state index contributed by atoms with van der Waals surface area (Å²) in [5.74, 6) is 0.752. The predicted molar refractivity (Wildman–Crippen MR) is 96.5 cm³/mol. The molecule has 24 heavy (non-hydrogen) atoms. The predicted octanol–water partition coefficient (Wildman–Crippen LogP) is 3.23. The summed E-state index contributed by atoms with van der Waals surface area (Å²) in [6.45, 7) is 2.61. The molecule has 4 nitrogen and oxygen atoms in total. The molecule has 5 heteroatoms. The monoisotopic (exact) mass is 349 g/mol. The topological polar surface area (TPSA) is 41.9 Å². The van der Waals surface area contributed by atoms with Crippen molar-refractivity contribution in [3.63, 3.8) is 0 Å². The summed E-state index contributed by atoms with van der Waals surface area (Å²) in [6, 6.07) is 17.3. The zero-order valence-electron chi connectivity index (χ0n) is 13.9. The minimum Gasteiger partial charge on any atom is -0.492 e. The van der Waals surface area contributed by atoms with E-state index in [0.717, 1.165) is 11.3 Å². The number of ether oxygens (including phenoxy) is 2. The van der Waals surface area contributed by atoms with Gasteiger partial charge in [-0.15, -0.1) is 0 Å². The highest BCUT2D eigenvalue weighted by Crippen LogP contribution is 2.16. The molecule has 1 N–H and O–H groups in total. The molecule has 0 heterocycles. The number of nitrogens with zero attached hydrogens (tertiary/aromatic N) is 1. The molecule has 130 valence electrons. The van der Waals surface area contributed by atoms with Crippen LogP contribution in [0.25, 0.3) is 0 Å². The fraction of sp³-hybridized carbons (Fsp3) is 0.368. The Morgan fingerprint density at radius 3 is 2.67 bits per heavy atom. The van der Waals surface area contributed by atoms with E-state index in [0.29, 0.717) is 37.9 Å². The number of aliphatic hydroxyl groups is 1. The minimum atomic E-state index is -0.523. The average molecular weight is 350 g/mol. The average Bonchev–Trinajstić information content (AvgIpc) is 2.56. The molecule has 0 aliphatic heterocycles. The van der Waals surface area contributed by atoms with Crippen LogP contribution in [0.15, 0.2) is 54.6 Å². The Morgan fingerprint density at radius 2 is 1.92 bits per heavy atom. The number of rotatable bonds is 10. The van der Waals surface area contributed by atoms with E-state index in [1.54, 1.807) is 6.07 Å². The summed E-state index contributed by atoms with van der Waals surface area (Å²) in [5.41, 5.74) is 1.10. The maximum Gasteiger partial charge on any atom is 0.120 e. The van der Waals surface area contributed by atoms with Gasteiger partial charge in [0.25, 0.3) is 0 Å². The molecule has 0 saturated carbocycles. The second-order valence-corrected chi connectivity index (χ2v) is 6.16. The van der Waals surface area contributed by atoms with Crippen molar-refractivity contribution in [3.8, 4) is 5.75 Å². The van der Waals surface area contributed by atoms with E-state index in [2.05, 4.69) is 0 Å². The summed E-state index contributed by atoms with van der Waals surface area (Å²) >= 11 is 5.91. The number of benzene rings is 2. The van der Waals surface area contributed by atoms with Gasteiger partial charge in [0, 0.05) is 18.1 Å². The van der Waals surface area contributed by atoms with E-state index < -0.39 is 6.10 Å². The highest BCUT2D eigenvalue weighted by atomic mass is 35.5. The van der Waals surface area contributed by atoms with Gasteiger partial charge < -0.3 is 19.5 Å². The lowest BCUT2D eigenvalue weighted by atomic mass is 10.2. The summed E-state index contributed by atoms with van der Waals surface area (Å²) in [4.78, 5) is 2.01. The van der Waals surface area contributed by atoms with E-state index in [1.807, 2.05) is 60.5 Å². The van der Waals surface area contributed by atoms with Crippen molar-refractivity contribution >= 4 is 11.6 Å². The first kappa shape index (κ1) is 18.7. The minimum absolute atomic E-state index is 0.314. The molecule has 0 saturated heterocycles. The van der Waals surface area contributed by atoms with Crippen molar-refractivity contribution in [2.45, 2.75) is 12.7 Å². The van der Waals surface area contributed by atoms with Gasteiger partial charge >= 0.3 is 0 Å². The Morgan fingerprint density at radius 1 is 1.12 bits per heavy atom. The van der Waals surface area contributed by atoms with Crippen LogP contribution in [0, 0.1) is 0 Å². The lowest BCUT2D eigenvalue weighted by Gasteiger charge is -2.20. The molecular formula is C19H24ClNO3. The van der Waals surface area contributed by atoms with Gasteiger partial charge in [0.15, 0.2) is 0 Å². The molecule has 1 unspecified atom stereocenters. The smallest absolute Gasteiger partial charge is 0.120 e. The Hall–Kier alpha value is -1.59. The zero-order valence-corrected chi connectivity index (χ0v) is 14.7. The van der Waals surface area contributed by atoms with Gasteiger partial charge in [-0.05, 0) is 30.8 Å². The fourth-order valence-corrected chi connectivity index (χ4v) is 2.45. The number of hydrogen-bond acceptors (Lipinski definition) is 4. The van der Waals surface area contributed by atoms with E-state index in [-0.39, 0.29) is 0 Å². The molecule has 2 aromatic rings. The van der Waals surface area contributed by atoms with Crippen LogP contribution in [0.5, 0.6) is 5.75 Å². The first-order chi connectivity index (χ1) is 11.6. The van der Waals surface area contributed by atoms with Crippen molar-refractivity contribution in [2.24, 2.45) is 0 Å². The van der Waals surface area contributed by atoms with Crippen LogP contribution in [0.1, 0.15) is 5.56 Å². The Labute approximate surface area is 148 Å². The number of halogens is 1. The molecule has 0 aliphatic rings. The molecule has 0 fully saturated rings. The third kappa shape index (κ3) is 7.32. The molecule has 0 bridgehead atoms. The lowest BCUT2D eigenvalue weighted by molar-refractivity contribution is 0.0123. The second-order valence-electron chi connectivity index (χ2n) is 5.72. The van der Waals surface area contributed by atoms with Gasteiger partial charge in [-0.3, -0.25) is 0 Å². The van der Waals surface area contributed by atoms with Crippen LogP contribution in [-0.4, -0.2) is 49.5 Å². The molecule has 0 aliphatic carbocycles. The molecule has 0 spiro atoms. The van der Waals surface area contributed by atoms with Gasteiger partial charge in [-0.25, -0.2) is 0 Å². The summed E-state index contributed by atoms with van der Waals surface area (Å²) < 4.78 is 11.2. The second kappa shape index (κ2) is 10.3. The van der Waals surface area contributed by atoms with Crippen LogP contribution < -0.4 is 4.74 Å². The van der Waals surface area contributed by atoms with Gasteiger partial charge in [0.2, 0.25) is 0 Å². The number of aliphatic hydroxyl groups excluding tert-OH is 1. The molecular weight excluding hydrogens is 326 g/mol. The molecule has 1 atom stereocenters. The van der Waals surface area contributed by atoms with Crippen LogP contribution in [0.3, 0.4) is 0 Å². The van der Waals surface area contributed by atoms with E-state index >= 15 is 0 Å². The molecule has 0 radical (unpaired) electrons. The summed E-state index contributed by atoms with van der Waals surface area (Å²) in [7, 11) is 1.95. The van der Waals surface area contributed by atoms with Crippen molar-refractivity contribution < 1.29 is 14.6 Å². The molecule has 2 rings (SSSR count). The third-order valence-corrected chi connectivity index (χ3v) is 3.72. The van der Waals surface area contributed by atoms with Gasteiger partial charge in [-0.2, -0.15) is 0 Å². The maximum atomic E-state index is 10.0. The first-order valence-corrected chi connectivity index (χ1v) is 8.38. The van der Waals surface area contributed by atoms with E-state index in [9.17, 15) is 5.11 Å². The van der Waals surface area contributed by atoms with Crippen LogP contribution in [0.4, 0.5) is 0 Å². The van der Waals surface area contributed by atoms with Crippen LogP contribution in [-0.2, 0) is 11.3 Å². The van der Waals surface area contributed by atoms with Crippen molar-refractivity contribution in [1.29, 1.82) is 0 Å². The quantitative estimate of drug-likeness (QED) is 0.715. The molecule has 0 aromatic heterocycles. The first-order valence-electron chi connectivity index (χ1n) is 8.00. The Kier molecular flexibility index (Phi) is 8.05. The SMILES string of the molecule is CN(CCOc1cccc(Cl)c1)CC(O)COCc1ccccc1. The Balaban J connectivity index is 1.58. The standard InChI is InChI=1S/C19H24ClNO3/c1-21(10-11-24-19-9-5-8-17(20)12-19)13-18(22)15-23-14-16-6-3-2-4-7-16/h2-9,12,18,22H,10-11,13-15H2,1H3. The third-order valence-electron chi connectivity index (χ3n) is 3.48. The van der Waals surface area contributed by atoms with Gasteiger partial charge in [0.1, 0.15) is 12.4 Å². The largest absolute Gasteiger partial charge is 0.492 e. The van der Waals surface area contributed by atoms with Crippen molar-refractivity contribution in [3.05, 3.63) is 65.2 Å². The fourth-order valence-electron chi connectivity index (χ4n) is 2.27. The van der Waals surface area contributed by atoms with Gasteiger partial charge in [0.05, 0.1) is 19.3 Å². The van der Waals surface area contributed by atoms with Gasteiger partial charge in [-0.1, -0.05) is 48.0 Å². The highest BCUT2D eigenvalue weighted by molar-refractivity contribution is 6.30.